The van der Waals surface area contributed by atoms with Crippen molar-refractivity contribution in [3.05, 3.63) is 58.2 Å². The number of aromatic nitrogens is 2. The van der Waals surface area contributed by atoms with E-state index >= 15 is 0 Å². The van der Waals surface area contributed by atoms with Gasteiger partial charge in [0, 0.05) is 10.9 Å². The SMILES string of the molecule is CCc1cccc2c(Cl)nc(-c3ccccc3Cl)nc12. The molecule has 0 fully saturated rings. The minimum absolute atomic E-state index is 0.459. The lowest BCUT2D eigenvalue weighted by Gasteiger charge is -2.08. The summed E-state index contributed by atoms with van der Waals surface area (Å²) in [5.74, 6) is 0.564. The van der Waals surface area contributed by atoms with E-state index in [4.69, 9.17) is 23.2 Å². The highest BCUT2D eigenvalue weighted by atomic mass is 35.5. The van der Waals surface area contributed by atoms with Gasteiger partial charge in [-0.15, -0.1) is 0 Å². The molecule has 100 valence electrons. The highest BCUT2D eigenvalue weighted by Crippen LogP contribution is 2.30. The van der Waals surface area contributed by atoms with Crippen molar-refractivity contribution in [3.8, 4) is 11.4 Å². The van der Waals surface area contributed by atoms with E-state index in [1.54, 1.807) is 0 Å². The summed E-state index contributed by atoms with van der Waals surface area (Å²) in [6, 6.07) is 13.5. The third kappa shape index (κ3) is 2.26. The summed E-state index contributed by atoms with van der Waals surface area (Å²) in [7, 11) is 0. The largest absolute Gasteiger partial charge is 0.228 e. The molecule has 1 heterocycles. The predicted molar refractivity (Wildman–Crippen MR) is 84.4 cm³/mol. The van der Waals surface area contributed by atoms with E-state index in [9.17, 15) is 0 Å². The van der Waals surface area contributed by atoms with Gasteiger partial charge in [0.2, 0.25) is 0 Å². The van der Waals surface area contributed by atoms with Crippen LogP contribution in [0.4, 0.5) is 0 Å². The normalized spacial score (nSPS) is 10.9. The van der Waals surface area contributed by atoms with E-state index < -0.39 is 0 Å². The smallest absolute Gasteiger partial charge is 0.163 e. The number of benzene rings is 2. The van der Waals surface area contributed by atoms with E-state index in [0.29, 0.717) is 16.0 Å². The summed E-state index contributed by atoms with van der Waals surface area (Å²) in [4.78, 5) is 9.04. The van der Waals surface area contributed by atoms with Crippen LogP contribution in [0.1, 0.15) is 12.5 Å². The van der Waals surface area contributed by atoms with Gasteiger partial charge in [0.15, 0.2) is 5.82 Å². The maximum Gasteiger partial charge on any atom is 0.163 e. The van der Waals surface area contributed by atoms with Crippen molar-refractivity contribution >= 4 is 34.1 Å². The number of hydrogen-bond acceptors (Lipinski definition) is 2. The fourth-order valence-corrected chi connectivity index (χ4v) is 2.68. The van der Waals surface area contributed by atoms with Gasteiger partial charge in [-0.05, 0) is 30.2 Å². The van der Waals surface area contributed by atoms with Gasteiger partial charge < -0.3 is 0 Å². The molecule has 0 saturated carbocycles. The zero-order valence-electron chi connectivity index (χ0n) is 10.9. The monoisotopic (exact) mass is 302 g/mol. The number of fused-ring (bicyclic) bond motifs is 1. The molecule has 0 aliphatic heterocycles. The summed E-state index contributed by atoms with van der Waals surface area (Å²) in [6.07, 6.45) is 0.895. The van der Waals surface area contributed by atoms with Crippen molar-refractivity contribution in [2.75, 3.05) is 0 Å². The van der Waals surface area contributed by atoms with E-state index in [1.807, 2.05) is 36.4 Å². The van der Waals surface area contributed by atoms with Crippen LogP contribution >= 0.6 is 23.2 Å². The summed E-state index contributed by atoms with van der Waals surface area (Å²) in [5, 5.41) is 1.96. The van der Waals surface area contributed by atoms with Gasteiger partial charge in [0.1, 0.15) is 5.15 Å². The molecule has 3 aromatic rings. The number of halogens is 2. The standard InChI is InChI=1S/C16H12Cl2N2/c1-2-10-6-5-8-12-14(10)19-16(20-15(12)18)11-7-3-4-9-13(11)17/h3-9H,2H2,1H3. The molecule has 1 aromatic heterocycles. The molecule has 0 radical (unpaired) electrons. The highest BCUT2D eigenvalue weighted by Gasteiger charge is 2.12. The molecule has 0 saturated heterocycles. The summed E-state index contributed by atoms with van der Waals surface area (Å²) in [5.41, 5.74) is 2.84. The second-order valence-electron chi connectivity index (χ2n) is 4.48. The molecule has 0 amide bonds. The molecule has 0 bridgehead atoms. The lowest BCUT2D eigenvalue weighted by molar-refractivity contribution is 1.13. The van der Waals surface area contributed by atoms with E-state index in [1.165, 1.54) is 0 Å². The molecular formula is C16H12Cl2N2. The number of para-hydroxylation sites is 1. The van der Waals surface area contributed by atoms with Crippen LogP contribution in [0.5, 0.6) is 0 Å². The van der Waals surface area contributed by atoms with Crippen LogP contribution in [0, 0.1) is 0 Å². The first-order valence-corrected chi connectivity index (χ1v) is 7.16. The minimum atomic E-state index is 0.459. The van der Waals surface area contributed by atoms with Crippen molar-refractivity contribution in [1.29, 1.82) is 0 Å². The zero-order chi connectivity index (χ0) is 14.1. The van der Waals surface area contributed by atoms with Crippen LogP contribution in [0.15, 0.2) is 42.5 Å². The van der Waals surface area contributed by atoms with Crippen molar-refractivity contribution < 1.29 is 0 Å². The van der Waals surface area contributed by atoms with Crippen molar-refractivity contribution in [2.24, 2.45) is 0 Å². The lowest BCUT2D eigenvalue weighted by atomic mass is 10.1. The van der Waals surface area contributed by atoms with Gasteiger partial charge in [-0.25, -0.2) is 9.97 Å². The van der Waals surface area contributed by atoms with Gasteiger partial charge in [0.25, 0.3) is 0 Å². The Kier molecular flexibility index (Phi) is 3.60. The lowest BCUT2D eigenvalue weighted by Crippen LogP contribution is -1.95. The second-order valence-corrected chi connectivity index (χ2v) is 5.25. The summed E-state index contributed by atoms with van der Waals surface area (Å²) >= 11 is 12.5. The first-order chi connectivity index (χ1) is 9.70. The Morgan fingerprint density at radius 2 is 1.75 bits per heavy atom. The molecule has 4 heteroatoms. The molecule has 0 atom stereocenters. The Hall–Kier alpha value is -1.64. The van der Waals surface area contributed by atoms with Gasteiger partial charge in [-0.2, -0.15) is 0 Å². The Bertz CT molecular complexity index is 785. The van der Waals surface area contributed by atoms with Crippen molar-refractivity contribution in [1.82, 2.24) is 9.97 Å². The Morgan fingerprint density at radius 1 is 0.950 bits per heavy atom. The third-order valence-corrected chi connectivity index (χ3v) is 3.88. The number of hydrogen-bond donors (Lipinski definition) is 0. The van der Waals surface area contributed by atoms with Crippen LogP contribution in [0.2, 0.25) is 10.2 Å². The topological polar surface area (TPSA) is 25.8 Å². The second kappa shape index (κ2) is 5.39. The van der Waals surface area contributed by atoms with E-state index in [2.05, 4.69) is 23.0 Å². The fraction of sp³-hybridized carbons (Fsp3) is 0.125. The first-order valence-electron chi connectivity index (χ1n) is 6.40. The minimum Gasteiger partial charge on any atom is -0.228 e. The molecule has 0 unspecified atom stereocenters. The molecule has 3 rings (SSSR count). The van der Waals surface area contributed by atoms with Gasteiger partial charge in [-0.3, -0.25) is 0 Å². The van der Waals surface area contributed by atoms with Gasteiger partial charge in [-0.1, -0.05) is 54.4 Å². The number of rotatable bonds is 2. The molecule has 0 spiro atoms. The van der Waals surface area contributed by atoms with Crippen LogP contribution < -0.4 is 0 Å². The zero-order valence-corrected chi connectivity index (χ0v) is 12.4. The van der Waals surface area contributed by atoms with Gasteiger partial charge >= 0.3 is 0 Å². The summed E-state index contributed by atoms with van der Waals surface area (Å²) in [6.45, 7) is 2.10. The quantitative estimate of drug-likeness (QED) is 0.611. The number of aryl methyl sites for hydroxylation is 1. The summed E-state index contributed by atoms with van der Waals surface area (Å²) < 4.78 is 0. The van der Waals surface area contributed by atoms with Crippen molar-refractivity contribution in [3.63, 3.8) is 0 Å². The van der Waals surface area contributed by atoms with Gasteiger partial charge in [0.05, 0.1) is 10.5 Å². The predicted octanol–water partition coefficient (Wildman–Crippen LogP) is 5.17. The van der Waals surface area contributed by atoms with E-state index in [0.717, 1.165) is 28.5 Å². The molecule has 0 N–H and O–H groups in total. The van der Waals surface area contributed by atoms with Crippen LogP contribution in [0.25, 0.3) is 22.3 Å². The average Bonchev–Trinajstić information content (AvgIpc) is 2.47. The first kappa shape index (κ1) is 13.3. The fourth-order valence-electron chi connectivity index (χ4n) is 2.22. The van der Waals surface area contributed by atoms with E-state index in [-0.39, 0.29) is 0 Å². The average molecular weight is 303 g/mol. The Morgan fingerprint density at radius 3 is 2.50 bits per heavy atom. The molecule has 2 aromatic carbocycles. The Balaban J connectivity index is 2.31. The molecule has 0 aliphatic rings. The molecule has 0 aliphatic carbocycles. The third-order valence-electron chi connectivity index (χ3n) is 3.26. The molecular weight excluding hydrogens is 291 g/mol. The van der Waals surface area contributed by atoms with Crippen molar-refractivity contribution in [2.45, 2.75) is 13.3 Å². The Labute approximate surface area is 127 Å². The van der Waals surface area contributed by atoms with Crippen LogP contribution in [-0.4, -0.2) is 9.97 Å². The molecule has 20 heavy (non-hydrogen) atoms. The van der Waals surface area contributed by atoms with Crippen LogP contribution in [-0.2, 0) is 6.42 Å². The maximum absolute atomic E-state index is 6.30. The maximum atomic E-state index is 6.30. The number of nitrogens with zero attached hydrogens (tertiary/aromatic N) is 2. The molecule has 2 nitrogen and oxygen atoms in total. The highest BCUT2D eigenvalue weighted by molar-refractivity contribution is 6.35. The van der Waals surface area contributed by atoms with Crippen LogP contribution in [0.3, 0.4) is 0 Å².